The third-order valence-electron chi connectivity index (χ3n) is 3.58. The molecule has 0 bridgehead atoms. The van der Waals surface area contributed by atoms with E-state index in [0.717, 1.165) is 17.7 Å². The highest BCUT2D eigenvalue weighted by Crippen LogP contribution is 2.36. The van der Waals surface area contributed by atoms with E-state index in [0.29, 0.717) is 15.8 Å². The predicted molar refractivity (Wildman–Crippen MR) is 99.3 cm³/mol. The molecule has 0 fully saturated rings. The third-order valence-corrected chi connectivity index (χ3v) is 5.26. The minimum absolute atomic E-state index is 0.0202. The van der Waals surface area contributed by atoms with Gasteiger partial charge >= 0.3 is 6.18 Å². The van der Waals surface area contributed by atoms with Crippen molar-refractivity contribution in [1.82, 2.24) is 0 Å². The summed E-state index contributed by atoms with van der Waals surface area (Å²) in [4.78, 5) is 16.7. The van der Waals surface area contributed by atoms with Crippen LogP contribution in [-0.4, -0.2) is 22.7 Å². The minimum atomic E-state index is -4.60. The van der Waals surface area contributed by atoms with Gasteiger partial charge in [0.05, 0.1) is 15.6 Å². The van der Waals surface area contributed by atoms with Gasteiger partial charge in [0.15, 0.2) is 0 Å². The molecule has 1 atom stereocenters. The number of hydrogen-bond donors (Lipinski definition) is 1. The van der Waals surface area contributed by atoms with E-state index in [2.05, 4.69) is 10.3 Å². The molecule has 9 heteroatoms. The van der Waals surface area contributed by atoms with Gasteiger partial charge in [0, 0.05) is 22.0 Å². The lowest BCUT2D eigenvalue weighted by atomic mass is 10.2. The molecule has 0 aliphatic carbocycles. The van der Waals surface area contributed by atoms with Crippen molar-refractivity contribution in [2.24, 2.45) is 4.99 Å². The molecule has 2 aromatic rings. The fourth-order valence-corrected chi connectivity index (χ4v) is 3.70. The Hall–Kier alpha value is -1.70. The Morgan fingerprint density at radius 2 is 1.85 bits per heavy atom. The number of anilines is 1. The lowest BCUT2D eigenvalue weighted by Gasteiger charge is -2.12. The molecule has 1 N–H and O–H groups in total. The summed E-state index contributed by atoms with van der Waals surface area (Å²) >= 11 is 12.8. The lowest BCUT2D eigenvalue weighted by Crippen LogP contribution is -2.26. The summed E-state index contributed by atoms with van der Waals surface area (Å²) < 4.78 is 38.7. The molecule has 0 spiro atoms. The molecular formula is C17H11Cl2F3N2OS. The molecule has 3 rings (SSSR count). The van der Waals surface area contributed by atoms with Gasteiger partial charge in [-0.2, -0.15) is 13.2 Å². The van der Waals surface area contributed by atoms with Crippen LogP contribution >= 0.6 is 35.0 Å². The normalized spacial score (nSPS) is 17.1. The van der Waals surface area contributed by atoms with E-state index in [-0.39, 0.29) is 5.69 Å². The smallest absolute Gasteiger partial charge is 0.324 e. The number of benzene rings is 2. The largest absolute Gasteiger partial charge is 0.417 e. The number of carbonyl (C=O) groups is 1. The highest BCUT2D eigenvalue weighted by Gasteiger charge is 2.34. The van der Waals surface area contributed by atoms with Crippen molar-refractivity contribution >= 4 is 51.6 Å². The number of thioether (sulfide) groups is 1. The van der Waals surface area contributed by atoms with Gasteiger partial charge in [-0.1, -0.05) is 35.3 Å². The number of alkyl halides is 3. The summed E-state index contributed by atoms with van der Waals surface area (Å²) in [7, 11) is 0. The monoisotopic (exact) mass is 418 g/mol. The van der Waals surface area contributed by atoms with Gasteiger partial charge in [-0.25, -0.2) is 0 Å². The van der Waals surface area contributed by atoms with E-state index in [4.69, 9.17) is 23.2 Å². The van der Waals surface area contributed by atoms with Crippen LogP contribution in [0.5, 0.6) is 0 Å². The number of hydrogen-bond acceptors (Lipinski definition) is 3. The number of rotatable bonds is 3. The van der Waals surface area contributed by atoms with Crippen LogP contribution in [0.25, 0.3) is 0 Å². The third kappa shape index (κ3) is 4.34. The zero-order chi connectivity index (χ0) is 18.9. The molecule has 0 saturated heterocycles. The van der Waals surface area contributed by atoms with Gasteiger partial charge in [0.1, 0.15) is 6.04 Å². The van der Waals surface area contributed by atoms with Crippen LogP contribution < -0.4 is 5.32 Å². The van der Waals surface area contributed by atoms with Gasteiger partial charge in [0.25, 0.3) is 0 Å². The average molecular weight is 419 g/mol. The summed E-state index contributed by atoms with van der Waals surface area (Å²) in [5.41, 5.74) is -0.143. The maximum atomic E-state index is 12.9. The van der Waals surface area contributed by atoms with Gasteiger partial charge < -0.3 is 5.32 Å². The van der Waals surface area contributed by atoms with Crippen molar-refractivity contribution in [1.29, 1.82) is 0 Å². The van der Waals surface area contributed by atoms with E-state index in [1.54, 1.807) is 24.3 Å². The van der Waals surface area contributed by atoms with Crippen molar-refractivity contribution in [3.05, 3.63) is 63.6 Å². The average Bonchev–Trinajstić information content (AvgIpc) is 3.06. The van der Waals surface area contributed by atoms with Crippen LogP contribution in [0.15, 0.2) is 47.5 Å². The van der Waals surface area contributed by atoms with Gasteiger partial charge in [-0.3, -0.25) is 9.79 Å². The Morgan fingerprint density at radius 1 is 1.15 bits per heavy atom. The first-order chi connectivity index (χ1) is 12.2. The molecule has 0 aromatic heterocycles. The van der Waals surface area contributed by atoms with Crippen molar-refractivity contribution < 1.29 is 18.0 Å². The first kappa shape index (κ1) is 19.1. The van der Waals surface area contributed by atoms with Gasteiger partial charge in [0.2, 0.25) is 5.91 Å². The van der Waals surface area contributed by atoms with Crippen LogP contribution in [-0.2, 0) is 11.0 Å². The number of nitrogens with one attached hydrogen (secondary N) is 1. The Kier molecular flexibility index (Phi) is 5.50. The Labute approximate surface area is 161 Å². The molecule has 2 aromatic carbocycles. The van der Waals surface area contributed by atoms with E-state index in [1.807, 2.05) is 0 Å². The topological polar surface area (TPSA) is 41.5 Å². The van der Waals surface area contributed by atoms with Crippen molar-refractivity contribution in [3.8, 4) is 0 Å². The first-order valence-electron chi connectivity index (χ1n) is 7.38. The minimum Gasteiger partial charge on any atom is -0.324 e. The molecule has 1 aliphatic heterocycles. The Balaban J connectivity index is 1.74. The highest BCUT2D eigenvalue weighted by molar-refractivity contribution is 8.14. The molecule has 1 unspecified atom stereocenters. The summed E-state index contributed by atoms with van der Waals surface area (Å²) in [6.07, 6.45) is -4.60. The molecule has 1 amide bonds. The lowest BCUT2D eigenvalue weighted by molar-refractivity contribution is -0.137. The maximum absolute atomic E-state index is 12.9. The maximum Gasteiger partial charge on any atom is 0.417 e. The van der Waals surface area contributed by atoms with Gasteiger partial charge in [-0.05, 0) is 30.3 Å². The van der Waals surface area contributed by atoms with Crippen molar-refractivity contribution in [3.63, 3.8) is 0 Å². The second-order valence-corrected chi connectivity index (χ2v) is 7.30. The summed E-state index contributed by atoms with van der Waals surface area (Å²) in [6, 6.07) is 9.58. The summed E-state index contributed by atoms with van der Waals surface area (Å²) in [6.45, 7) is 0. The van der Waals surface area contributed by atoms with Crippen LogP contribution in [0, 0.1) is 0 Å². The molecular weight excluding hydrogens is 408 g/mol. The van der Waals surface area contributed by atoms with E-state index >= 15 is 0 Å². The number of amides is 1. The van der Waals surface area contributed by atoms with Crippen LogP contribution in [0.2, 0.25) is 10.0 Å². The fraction of sp³-hybridized carbons (Fsp3) is 0.176. The molecule has 0 saturated carbocycles. The zero-order valence-electron chi connectivity index (χ0n) is 13.0. The van der Waals surface area contributed by atoms with E-state index < -0.39 is 28.7 Å². The Bertz CT molecular complexity index is 869. The van der Waals surface area contributed by atoms with Gasteiger partial charge in [-0.15, -0.1) is 11.8 Å². The predicted octanol–water partition coefficient (Wildman–Crippen LogP) is 5.51. The molecule has 0 radical (unpaired) electrons. The first-order valence-corrected chi connectivity index (χ1v) is 9.12. The Morgan fingerprint density at radius 3 is 2.50 bits per heavy atom. The molecule has 136 valence electrons. The van der Waals surface area contributed by atoms with E-state index in [9.17, 15) is 18.0 Å². The SMILES string of the molecule is O=C(Nc1ccc(Cl)c(C(F)(F)F)c1)C1CSC(c2ccc(Cl)cc2)=N1. The molecule has 1 aliphatic rings. The second kappa shape index (κ2) is 7.50. The molecule has 26 heavy (non-hydrogen) atoms. The number of halogens is 5. The summed E-state index contributed by atoms with van der Waals surface area (Å²) in [5.74, 6) is -0.0688. The number of carbonyl (C=O) groups excluding carboxylic acids is 1. The van der Waals surface area contributed by atoms with Crippen LogP contribution in [0.1, 0.15) is 11.1 Å². The van der Waals surface area contributed by atoms with Crippen LogP contribution in [0.4, 0.5) is 18.9 Å². The quantitative estimate of drug-likeness (QED) is 0.713. The second-order valence-electron chi connectivity index (χ2n) is 5.45. The molecule has 1 heterocycles. The zero-order valence-corrected chi connectivity index (χ0v) is 15.3. The fourth-order valence-electron chi connectivity index (χ4n) is 2.30. The van der Waals surface area contributed by atoms with Crippen molar-refractivity contribution in [2.75, 3.05) is 11.1 Å². The number of nitrogens with zero attached hydrogens (tertiary/aromatic N) is 1. The number of aliphatic imine (C=N–C) groups is 1. The van der Waals surface area contributed by atoms with E-state index in [1.165, 1.54) is 17.8 Å². The van der Waals surface area contributed by atoms with Crippen LogP contribution in [0.3, 0.4) is 0 Å². The standard InChI is InChI=1S/C17H11Cl2F3N2OS/c18-10-3-1-9(2-4-10)16-24-14(8-26-16)15(25)23-11-5-6-13(19)12(7-11)17(20,21)22/h1-7,14H,8H2,(H,23,25). The highest BCUT2D eigenvalue weighted by atomic mass is 35.5. The summed E-state index contributed by atoms with van der Waals surface area (Å²) in [5, 5.41) is 3.33. The molecule has 3 nitrogen and oxygen atoms in total. The van der Waals surface area contributed by atoms with Crippen molar-refractivity contribution in [2.45, 2.75) is 12.2 Å².